The standard InChI is InChI=1S/C22H23FN2O2S/c1-12-5-7-14(22(2,3)27-4)10-15(12)13-6-8-18-19(9-13)28-21(24-18)25-20(26)16-11-17(16)23/h5-10,16-17H,11H2,1-4H3,(H,24,25,26)/t16?,17-/m0/s1. The van der Waals surface area contributed by atoms with E-state index in [2.05, 4.69) is 41.5 Å². The minimum absolute atomic E-state index is 0.280. The van der Waals surface area contributed by atoms with Crippen molar-refractivity contribution in [2.45, 2.75) is 39.0 Å². The molecular weight excluding hydrogens is 375 g/mol. The van der Waals surface area contributed by atoms with Gasteiger partial charge in [-0.3, -0.25) is 4.79 Å². The first-order chi connectivity index (χ1) is 13.3. The highest BCUT2D eigenvalue weighted by Crippen LogP contribution is 2.37. The number of alkyl halides is 1. The Kier molecular flexibility index (Phi) is 4.71. The normalized spacial score (nSPS) is 19.0. The molecule has 1 amide bonds. The third-order valence-electron chi connectivity index (χ3n) is 5.42. The van der Waals surface area contributed by atoms with Crippen LogP contribution in [0.5, 0.6) is 0 Å². The van der Waals surface area contributed by atoms with Crippen LogP contribution in [0.1, 0.15) is 31.4 Å². The largest absolute Gasteiger partial charge is 0.374 e. The summed E-state index contributed by atoms with van der Waals surface area (Å²) in [5.41, 5.74) is 4.97. The quantitative estimate of drug-likeness (QED) is 0.622. The van der Waals surface area contributed by atoms with Gasteiger partial charge in [-0.25, -0.2) is 9.37 Å². The number of amides is 1. The van der Waals surface area contributed by atoms with Gasteiger partial charge in [-0.05, 0) is 67.6 Å². The average molecular weight is 399 g/mol. The Hall–Kier alpha value is -2.31. The Morgan fingerprint density at radius 1 is 1.29 bits per heavy atom. The lowest BCUT2D eigenvalue weighted by atomic mass is 9.91. The molecule has 4 nitrogen and oxygen atoms in total. The van der Waals surface area contributed by atoms with Gasteiger partial charge in [-0.1, -0.05) is 29.5 Å². The fourth-order valence-corrected chi connectivity index (χ4v) is 4.11. The molecule has 0 saturated heterocycles. The van der Waals surface area contributed by atoms with Crippen LogP contribution in [-0.4, -0.2) is 24.2 Å². The average Bonchev–Trinajstić information content (AvgIpc) is 3.26. The molecule has 1 fully saturated rings. The maximum atomic E-state index is 13.1. The highest BCUT2D eigenvalue weighted by atomic mass is 32.1. The van der Waals surface area contributed by atoms with E-state index in [-0.39, 0.29) is 11.5 Å². The van der Waals surface area contributed by atoms with Gasteiger partial charge in [0.1, 0.15) is 6.17 Å². The number of hydrogen-bond acceptors (Lipinski definition) is 4. The Morgan fingerprint density at radius 3 is 2.71 bits per heavy atom. The van der Waals surface area contributed by atoms with E-state index in [4.69, 9.17) is 4.74 Å². The summed E-state index contributed by atoms with van der Waals surface area (Å²) in [6.45, 7) is 6.18. The second-order valence-electron chi connectivity index (χ2n) is 7.79. The van der Waals surface area contributed by atoms with E-state index >= 15 is 0 Å². The third-order valence-corrected chi connectivity index (χ3v) is 6.36. The monoisotopic (exact) mass is 398 g/mol. The molecule has 3 aromatic rings. The highest BCUT2D eigenvalue weighted by molar-refractivity contribution is 7.22. The van der Waals surface area contributed by atoms with E-state index < -0.39 is 12.1 Å². The van der Waals surface area contributed by atoms with Crippen LogP contribution in [0, 0.1) is 12.8 Å². The molecule has 1 N–H and O–H groups in total. The third kappa shape index (κ3) is 3.54. The predicted octanol–water partition coefficient (Wildman–Crippen LogP) is 5.45. The fourth-order valence-electron chi connectivity index (χ4n) is 3.20. The van der Waals surface area contributed by atoms with Crippen molar-refractivity contribution in [3.63, 3.8) is 0 Å². The maximum absolute atomic E-state index is 13.1. The highest BCUT2D eigenvalue weighted by Gasteiger charge is 2.43. The summed E-state index contributed by atoms with van der Waals surface area (Å²) in [6.07, 6.45) is -0.693. The predicted molar refractivity (Wildman–Crippen MR) is 111 cm³/mol. The van der Waals surface area contributed by atoms with Gasteiger partial charge in [0, 0.05) is 7.11 Å². The maximum Gasteiger partial charge on any atom is 0.232 e. The van der Waals surface area contributed by atoms with Gasteiger partial charge in [-0.15, -0.1) is 0 Å². The molecule has 2 atom stereocenters. The number of halogens is 1. The number of carbonyl (C=O) groups excluding carboxylic acids is 1. The number of ether oxygens (including phenoxy) is 1. The van der Waals surface area contributed by atoms with Gasteiger partial charge in [0.15, 0.2) is 5.13 Å². The molecule has 6 heteroatoms. The number of nitrogens with zero attached hydrogens (tertiary/aromatic N) is 1. The number of rotatable bonds is 5. The molecular formula is C22H23FN2O2S. The molecule has 1 aliphatic rings. The number of benzene rings is 2. The van der Waals surface area contributed by atoms with Crippen molar-refractivity contribution in [2.75, 3.05) is 12.4 Å². The molecule has 0 aliphatic heterocycles. The number of anilines is 1. The van der Waals surface area contributed by atoms with Crippen molar-refractivity contribution in [1.82, 2.24) is 4.98 Å². The van der Waals surface area contributed by atoms with Crippen molar-refractivity contribution in [1.29, 1.82) is 0 Å². The zero-order valence-electron chi connectivity index (χ0n) is 16.4. The number of carbonyl (C=O) groups is 1. The molecule has 146 valence electrons. The fraction of sp³-hybridized carbons (Fsp3) is 0.364. The van der Waals surface area contributed by atoms with Crippen LogP contribution in [0.15, 0.2) is 36.4 Å². The van der Waals surface area contributed by atoms with Crippen molar-refractivity contribution in [2.24, 2.45) is 5.92 Å². The Balaban J connectivity index is 1.66. The van der Waals surface area contributed by atoms with Crippen LogP contribution in [0.4, 0.5) is 9.52 Å². The topological polar surface area (TPSA) is 51.2 Å². The van der Waals surface area contributed by atoms with Gasteiger partial charge in [-0.2, -0.15) is 0 Å². The Bertz CT molecular complexity index is 1060. The molecule has 1 unspecified atom stereocenters. The lowest BCUT2D eigenvalue weighted by Gasteiger charge is -2.24. The number of methoxy groups -OCH3 is 1. The first kappa shape index (κ1) is 19.0. The number of hydrogen-bond donors (Lipinski definition) is 1. The molecule has 0 bridgehead atoms. The summed E-state index contributed by atoms with van der Waals surface area (Å²) in [5.74, 6) is -0.797. The van der Waals surface area contributed by atoms with E-state index in [1.807, 2.05) is 26.0 Å². The van der Waals surface area contributed by atoms with Crippen LogP contribution < -0.4 is 5.32 Å². The molecule has 0 radical (unpaired) electrons. The van der Waals surface area contributed by atoms with Crippen LogP contribution in [0.2, 0.25) is 0 Å². The zero-order valence-corrected chi connectivity index (χ0v) is 17.2. The number of fused-ring (bicyclic) bond motifs is 1. The second-order valence-corrected chi connectivity index (χ2v) is 8.82. The van der Waals surface area contributed by atoms with Gasteiger partial charge < -0.3 is 10.1 Å². The summed E-state index contributed by atoms with van der Waals surface area (Å²) in [7, 11) is 1.71. The Morgan fingerprint density at radius 2 is 2.04 bits per heavy atom. The molecule has 1 saturated carbocycles. The first-order valence-corrected chi connectivity index (χ1v) is 10.1. The van der Waals surface area contributed by atoms with Crippen molar-refractivity contribution in [3.05, 3.63) is 47.5 Å². The zero-order chi connectivity index (χ0) is 20.1. The van der Waals surface area contributed by atoms with Gasteiger partial charge in [0.2, 0.25) is 5.91 Å². The summed E-state index contributed by atoms with van der Waals surface area (Å²) in [5, 5.41) is 3.26. The van der Waals surface area contributed by atoms with Gasteiger partial charge in [0.05, 0.1) is 21.7 Å². The van der Waals surface area contributed by atoms with E-state index in [9.17, 15) is 9.18 Å². The van der Waals surface area contributed by atoms with Crippen LogP contribution in [0.25, 0.3) is 21.3 Å². The SMILES string of the molecule is COC(C)(C)c1ccc(C)c(-c2ccc3nc(NC(=O)C4C[C@@H]4F)sc3c2)c1. The molecule has 1 aliphatic carbocycles. The molecule has 2 aromatic carbocycles. The van der Waals surface area contributed by atoms with Crippen molar-refractivity contribution >= 4 is 32.6 Å². The number of aromatic nitrogens is 1. The lowest BCUT2D eigenvalue weighted by Crippen LogP contribution is -2.19. The number of aryl methyl sites for hydroxylation is 1. The first-order valence-electron chi connectivity index (χ1n) is 9.30. The molecule has 0 spiro atoms. The van der Waals surface area contributed by atoms with Crippen LogP contribution in [-0.2, 0) is 15.1 Å². The van der Waals surface area contributed by atoms with Gasteiger partial charge in [0.25, 0.3) is 0 Å². The molecule has 28 heavy (non-hydrogen) atoms. The smallest absolute Gasteiger partial charge is 0.232 e. The minimum atomic E-state index is -1.01. The van der Waals surface area contributed by atoms with E-state index in [1.54, 1.807) is 7.11 Å². The lowest BCUT2D eigenvalue weighted by molar-refractivity contribution is -0.117. The van der Waals surface area contributed by atoms with Crippen molar-refractivity contribution < 1.29 is 13.9 Å². The summed E-state index contributed by atoms with van der Waals surface area (Å²) in [4.78, 5) is 16.4. The van der Waals surface area contributed by atoms with Crippen molar-refractivity contribution in [3.8, 4) is 11.1 Å². The van der Waals surface area contributed by atoms with Crippen LogP contribution in [0.3, 0.4) is 0 Å². The van der Waals surface area contributed by atoms with E-state index in [0.717, 1.165) is 26.9 Å². The summed E-state index contributed by atoms with van der Waals surface area (Å²) in [6, 6.07) is 12.5. The number of thiazole rings is 1. The second kappa shape index (κ2) is 6.94. The Labute approximate surface area is 167 Å². The molecule has 1 heterocycles. The summed E-state index contributed by atoms with van der Waals surface area (Å²) < 4.78 is 19.7. The summed E-state index contributed by atoms with van der Waals surface area (Å²) >= 11 is 1.41. The van der Waals surface area contributed by atoms with Crippen LogP contribution >= 0.6 is 11.3 Å². The van der Waals surface area contributed by atoms with E-state index in [1.165, 1.54) is 16.9 Å². The number of nitrogens with one attached hydrogen (secondary N) is 1. The molecule has 4 rings (SSSR count). The minimum Gasteiger partial charge on any atom is -0.374 e. The van der Waals surface area contributed by atoms with Gasteiger partial charge >= 0.3 is 0 Å². The van der Waals surface area contributed by atoms with E-state index in [0.29, 0.717) is 11.6 Å². The molecule has 1 aromatic heterocycles.